The third-order valence-electron chi connectivity index (χ3n) is 11.5. The maximum absolute atomic E-state index is 13.6. The summed E-state index contributed by atoms with van der Waals surface area (Å²) in [6, 6.07) is 11.0. The molecule has 264 valence electrons. The molecule has 2 bridgehead atoms. The monoisotopic (exact) mass is 683 g/mol. The van der Waals surface area contributed by atoms with Crippen molar-refractivity contribution >= 4 is 28.5 Å². The summed E-state index contributed by atoms with van der Waals surface area (Å²) >= 11 is 0. The molecule has 10 heteroatoms. The van der Waals surface area contributed by atoms with Crippen molar-refractivity contribution in [3.05, 3.63) is 58.7 Å². The Morgan fingerprint density at radius 2 is 1.60 bits per heavy atom. The van der Waals surface area contributed by atoms with Crippen molar-refractivity contribution in [2.75, 3.05) is 27.3 Å². The molecule has 50 heavy (non-hydrogen) atoms. The predicted molar refractivity (Wildman–Crippen MR) is 184 cm³/mol. The van der Waals surface area contributed by atoms with Gasteiger partial charge in [0.1, 0.15) is 17.1 Å². The quantitative estimate of drug-likeness (QED) is 0.243. The average Bonchev–Trinajstić information content (AvgIpc) is 3.80. The van der Waals surface area contributed by atoms with Crippen molar-refractivity contribution in [3.63, 3.8) is 0 Å². The third-order valence-corrected chi connectivity index (χ3v) is 11.5. The first kappa shape index (κ1) is 33.0. The van der Waals surface area contributed by atoms with Crippen molar-refractivity contribution in [1.29, 1.82) is 0 Å². The normalized spacial score (nSPS) is 26.6. The van der Waals surface area contributed by atoms with Crippen LogP contribution in [0.25, 0.3) is 10.8 Å². The molecule has 2 saturated carbocycles. The lowest BCUT2D eigenvalue weighted by molar-refractivity contribution is -0.188. The van der Waals surface area contributed by atoms with Crippen molar-refractivity contribution in [2.24, 2.45) is 5.92 Å². The van der Waals surface area contributed by atoms with Crippen LogP contribution in [0.2, 0.25) is 0 Å². The molecule has 3 aromatic carbocycles. The van der Waals surface area contributed by atoms with E-state index in [0.717, 1.165) is 35.0 Å². The van der Waals surface area contributed by atoms with Crippen LogP contribution in [0.4, 0.5) is 0 Å². The number of esters is 2. The summed E-state index contributed by atoms with van der Waals surface area (Å²) in [5, 5.41) is 14.0. The summed E-state index contributed by atoms with van der Waals surface area (Å²) in [7, 11) is 3.10. The van der Waals surface area contributed by atoms with Crippen LogP contribution in [0.3, 0.4) is 0 Å². The molecule has 3 fully saturated rings. The fourth-order valence-corrected chi connectivity index (χ4v) is 9.38. The fraction of sp³-hybridized carbons (Fsp3) is 0.525. The number of hydrogen-bond donors (Lipinski definition) is 1. The Labute approximate surface area is 292 Å². The van der Waals surface area contributed by atoms with Crippen LogP contribution in [0.1, 0.15) is 75.1 Å². The van der Waals surface area contributed by atoms with Crippen molar-refractivity contribution in [1.82, 2.24) is 4.90 Å². The van der Waals surface area contributed by atoms with E-state index in [0.29, 0.717) is 53.6 Å². The van der Waals surface area contributed by atoms with E-state index in [9.17, 15) is 19.5 Å². The van der Waals surface area contributed by atoms with Crippen molar-refractivity contribution in [3.8, 4) is 23.0 Å². The van der Waals surface area contributed by atoms with Crippen molar-refractivity contribution in [2.45, 2.75) is 101 Å². The van der Waals surface area contributed by atoms with Crippen LogP contribution in [0, 0.1) is 5.92 Å². The highest BCUT2D eigenvalue weighted by atomic mass is 16.6. The maximum atomic E-state index is 13.6. The van der Waals surface area contributed by atoms with E-state index in [1.54, 1.807) is 26.4 Å². The summed E-state index contributed by atoms with van der Waals surface area (Å²) < 4.78 is 29.6. The molecule has 5 aliphatic rings. The van der Waals surface area contributed by atoms with Gasteiger partial charge in [-0.2, -0.15) is 0 Å². The number of ketones is 1. The zero-order chi connectivity index (χ0) is 35.2. The zero-order valence-electron chi connectivity index (χ0n) is 29.4. The second-order valence-electron chi connectivity index (χ2n) is 15.7. The molecule has 2 heterocycles. The number of aliphatic hydroxyl groups is 1. The number of methoxy groups -OCH3 is 2. The van der Waals surface area contributed by atoms with Gasteiger partial charge in [-0.3, -0.25) is 19.3 Å². The Balaban J connectivity index is 1.08. The van der Waals surface area contributed by atoms with Gasteiger partial charge in [0.15, 0.2) is 23.4 Å². The van der Waals surface area contributed by atoms with Crippen LogP contribution in [0.5, 0.6) is 23.0 Å². The van der Waals surface area contributed by atoms with Gasteiger partial charge < -0.3 is 28.8 Å². The molecule has 10 nitrogen and oxygen atoms in total. The van der Waals surface area contributed by atoms with Crippen LogP contribution < -0.4 is 18.9 Å². The standard InChI is InChI=1S/C40H45NO9/c1-38(2,3)50-32(44)20-25-9-12-26-27(35(25)47-5)11-8-24(34(26)46-4)19-31(43)48-29-13-10-23-18-30-40(45)15-14-28(42)37-39(40,33(23)36(29)49-37)16-17-41(30)21-22-6-7-22/h8-13,22,30,37,45H,6-7,14-21H2,1-5H3/t30-,37+,39+,40-/m1/s1. The van der Waals surface area contributed by atoms with E-state index in [4.69, 9.17) is 23.7 Å². The Bertz CT molecular complexity index is 1930. The lowest BCUT2D eigenvalue weighted by Crippen LogP contribution is -2.76. The molecule has 0 unspecified atom stereocenters. The Kier molecular flexibility index (Phi) is 7.73. The van der Waals surface area contributed by atoms with Gasteiger partial charge in [-0.05, 0) is 77.0 Å². The molecule has 1 saturated heterocycles. The van der Waals surface area contributed by atoms with E-state index < -0.39 is 28.7 Å². The van der Waals surface area contributed by atoms with Crippen LogP contribution in [-0.4, -0.2) is 78.4 Å². The third kappa shape index (κ3) is 5.08. The molecule has 0 aromatic heterocycles. The highest BCUT2D eigenvalue weighted by Gasteiger charge is 2.73. The molecular weight excluding hydrogens is 638 g/mol. The first-order chi connectivity index (χ1) is 23.9. The van der Waals surface area contributed by atoms with E-state index >= 15 is 0 Å². The molecule has 3 aliphatic carbocycles. The lowest BCUT2D eigenvalue weighted by Gasteiger charge is -2.62. The number of likely N-dealkylation sites (tertiary alicyclic amines) is 1. The van der Waals surface area contributed by atoms with Gasteiger partial charge in [0.2, 0.25) is 0 Å². The van der Waals surface area contributed by atoms with Gasteiger partial charge in [-0.15, -0.1) is 0 Å². The number of benzene rings is 3. The van der Waals surface area contributed by atoms with Gasteiger partial charge in [-0.25, -0.2) is 0 Å². The number of piperidine rings is 1. The molecule has 4 atom stereocenters. The Morgan fingerprint density at radius 3 is 2.22 bits per heavy atom. The molecule has 3 aromatic rings. The molecule has 1 N–H and O–H groups in total. The molecule has 2 aliphatic heterocycles. The molecule has 0 radical (unpaired) electrons. The minimum absolute atomic E-state index is 0.00373. The SMILES string of the molecule is COc1c(CC(=O)Oc2ccc3c4c2O[C@H]2C(=O)CC[C@@]5(O)[C@@H](C3)N(CC3CC3)CC[C@]425)ccc2c(OC)c(CC(=O)OC(C)(C)C)ccc12. The largest absolute Gasteiger partial charge is 0.496 e. The first-order valence-electron chi connectivity index (χ1n) is 17.8. The van der Waals surface area contributed by atoms with E-state index in [1.807, 2.05) is 45.0 Å². The zero-order valence-corrected chi connectivity index (χ0v) is 29.4. The Morgan fingerprint density at radius 1 is 0.940 bits per heavy atom. The fourth-order valence-electron chi connectivity index (χ4n) is 9.38. The topological polar surface area (TPSA) is 121 Å². The van der Waals surface area contributed by atoms with Gasteiger partial charge in [0.25, 0.3) is 0 Å². The highest BCUT2D eigenvalue weighted by molar-refractivity contribution is 5.97. The number of nitrogens with zero attached hydrogens (tertiary/aromatic N) is 1. The van der Waals surface area contributed by atoms with Gasteiger partial charge in [0, 0.05) is 46.5 Å². The minimum atomic E-state index is -1.09. The molecule has 0 amide bonds. The number of carbonyl (C=O) groups is 3. The van der Waals surface area contributed by atoms with E-state index in [-0.39, 0.29) is 42.8 Å². The summed E-state index contributed by atoms with van der Waals surface area (Å²) in [6.45, 7) is 7.26. The van der Waals surface area contributed by atoms with E-state index in [1.165, 1.54) is 12.8 Å². The number of carbonyl (C=O) groups excluding carboxylic acids is 3. The van der Waals surface area contributed by atoms with Gasteiger partial charge in [0.05, 0.1) is 38.1 Å². The van der Waals surface area contributed by atoms with Gasteiger partial charge in [-0.1, -0.05) is 30.3 Å². The summed E-state index contributed by atoms with van der Waals surface area (Å²) in [4.78, 5) is 42.2. The van der Waals surface area contributed by atoms with Crippen LogP contribution in [-0.2, 0) is 43.8 Å². The molecule has 1 spiro atoms. The molecule has 8 rings (SSSR count). The summed E-state index contributed by atoms with van der Waals surface area (Å²) in [5.74, 6) is 1.52. The van der Waals surface area contributed by atoms with Gasteiger partial charge >= 0.3 is 11.9 Å². The number of ether oxygens (including phenoxy) is 5. The highest BCUT2D eigenvalue weighted by Crippen LogP contribution is 2.65. The first-order valence-corrected chi connectivity index (χ1v) is 17.8. The maximum Gasteiger partial charge on any atom is 0.315 e. The number of rotatable bonds is 9. The molecular formula is C40H45NO9. The van der Waals surface area contributed by atoms with Crippen LogP contribution >= 0.6 is 0 Å². The summed E-state index contributed by atoms with van der Waals surface area (Å²) in [6.07, 6.45) is 3.61. The van der Waals surface area contributed by atoms with Crippen LogP contribution in [0.15, 0.2) is 36.4 Å². The number of hydrogen-bond acceptors (Lipinski definition) is 10. The average molecular weight is 684 g/mol. The van der Waals surface area contributed by atoms with Crippen molar-refractivity contribution < 1.29 is 43.2 Å². The second kappa shape index (κ2) is 11.7. The van der Waals surface area contributed by atoms with E-state index in [2.05, 4.69) is 4.90 Å². The number of Topliss-reactive ketones (excluding diaryl/α,β-unsaturated/α-hetero) is 1. The smallest absolute Gasteiger partial charge is 0.315 e. The number of fused-ring (bicyclic) bond motifs is 1. The predicted octanol–water partition coefficient (Wildman–Crippen LogP) is 5.02. The lowest BCUT2D eigenvalue weighted by atomic mass is 9.49. The Hall–Kier alpha value is -4.15. The summed E-state index contributed by atoms with van der Waals surface area (Å²) in [5.41, 5.74) is 0.662. The second-order valence-corrected chi connectivity index (χ2v) is 15.7. The minimum Gasteiger partial charge on any atom is -0.496 e.